The highest BCUT2D eigenvalue weighted by molar-refractivity contribution is 7.71. The first-order valence-electron chi connectivity index (χ1n) is 3.29. The van der Waals surface area contributed by atoms with Crippen LogP contribution in [0.2, 0.25) is 0 Å². The Morgan fingerprint density at radius 1 is 1.36 bits per heavy atom. The molecule has 2 heterocycles. The van der Waals surface area contributed by atoms with Gasteiger partial charge in [-0.05, 0) is 17.5 Å². The Balaban J connectivity index is 3.03. The van der Waals surface area contributed by atoms with Gasteiger partial charge in [0.2, 0.25) is 0 Å². The van der Waals surface area contributed by atoms with Gasteiger partial charge in [0.15, 0.2) is 0 Å². The van der Waals surface area contributed by atoms with E-state index in [1.165, 1.54) is 0 Å². The van der Waals surface area contributed by atoms with Crippen LogP contribution in [0.15, 0.2) is 30.7 Å². The van der Waals surface area contributed by atoms with Crippen molar-refractivity contribution < 1.29 is 0 Å². The van der Waals surface area contributed by atoms with Crippen molar-refractivity contribution in [3.63, 3.8) is 0 Å². The Bertz CT molecular complexity index is 428. The lowest BCUT2D eigenvalue weighted by Gasteiger charge is -1.93. The van der Waals surface area contributed by atoms with E-state index in [2.05, 4.69) is 9.97 Å². The summed E-state index contributed by atoms with van der Waals surface area (Å²) in [5.41, 5.74) is 0. The van der Waals surface area contributed by atoms with Crippen molar-refractivity contribution in [3.05, 3.63) is 35.4 Å². The third kappa shape index (κ3) is 1.03. The molecule has 0 saturated carbocycles. The third-order valence-corrected chi connectivity index (χ3v) is 1.91. The van der Waals surface area contributed by atoms with Crippen LogP contribution >= 0.6 is 12.2 Å². The van der Waals surface area contributed by atoms with E-state index >= 15 is 0 Å². The van der Waals surface area contributed by atoms with Crippen LogP contribution in [0, 0.1) is 4.64 Å². The number of aromatic nitrogens is 2. The van der Waals surface area contributed by atoms with E-state index in [1.54, 1.807) is 12.4 Å². The topological polar surface area (TPSA) is 28.7 Å². The summed E-state index contributed by atoms with van der Waals surface area (Å²) in [4.78, 5) is 6.94. The summed E-state index contributed by atoms with van der Waals surface area (Å²) in [7, 11) is 0. The Morgan fingerprint density at radius 2 is 2.27 bits per heavy atom. The smallest absolute Gasteiger partial charge is 0.112 e. The zero-order valence-corrected chi connectivity index (χ0v) is 6.56. The molecule has 1 N–H and O–H groups in total. The van der Waals surface area contributed by atoms with Crippen molar-refractivity contribution in [2.75, 3.05) is 0 Å². The van der Waals surface area contributed by atoms with Crippen LogP contribution in [0.25, 0.3) is 10.8 Å². The van der Waals surface area contributed by atoms with Crippen molar-refractivity contribution in [1.82, 2.24) is 9.97 Å². The van der Waals surface area contributed by atoms with Gasteiger partial charge in [-0.3, -0.25) is 4.98 Å². The van der Waals surface area contributed by atoms with Gasteiger partial charge in [0.25, 0.3) is 0 Å². The Hall–Kier alpha value is -1.22. The number of rotatable bonds is 0. The second kappa shape index (κ2) is 2.43. The highest BCUT2D eigenvalue weighted by Crippen LogP contribution is 2.10. The molecule has 0 radical (unpaired) electrons. The lowest BCUT2D eigenvalue weighted by molar-refractivity contribution is 1.30. The van der Waals surface area contributed by atoms with Crippen LogP contribution in [-0.4, -0.2) is 9.97 Å². The van der Waals surface area contributed by atoms with Gasteiger partial charge < -0.3 is 4.98 Å². The first kappa shape index (κ1) is 6.49. The number of hydrogen-bond acceptors (Lipinski definition) is 2. The molecule has 0 unspecified atom stereocenters. The lowest BCUT2D eigenvalue weighted by atomic mass is 10.2. The van der Waals surface area contributed by atoms with Crippen molar-refractivity contribution in [2.24, 2.45) is 0 Å². The van der Waals surface area contributed by atoms with Gasteiger partial charge in [-0.25, -0.2) is 0 Å². The summed E-state index contributed by atoms with van der Waals surface area (Å²) >= 11 is 5.06. The van der Waals surface area contributed by atoms with Crippen LogP contribution in [-0.2, 0) is 0 Å². The maximum atomic E-state index is 5.06. The molecule has 0 aliphatic carbocycles. The molecule has 3 heteroatoms. The van der Waals surface area contributed by atoms with Crippen LogP contribution < -0.4 is 0 Å². The largest absolute Gasteiger partial charge is 0.352 e. The predicted octanol–water partition coefficient (Wildman–Crippen LogP) is 2.29. The highest BCUT2D eigenvalue weighted by Gasteiger charge is 1.90. The predicted molar refractivity (Wildman–Crippen MR) is 46.9 cm³/mol. The molecular weight excluding hydrogens is 156 g/mol. The fraction of sp³-hybridized carbons (Fsp3) is 0. The quantitative estimate of drug-likeness (QED) is 0.602. The number of hydrogen-bond donors (Lipinski definition) is 1. The molecule has 0 bridgehead atoms. The molecule has 54 valence electrons. The maximum absolute atomic E-state index is 5.06. The van der Waals surface area contributed by atoms with Gasteiger partial charge in [0.05, 0.1) is 0 Å². The van der Waals surface area contributed by atoms with Gasteiger partial charge in [-0.1, -0.05) is 12.2 Å². The average molecular weight is 162 g/mol. The number of fused-ring (bicyclic) bond motifs is 1. The minimum Gasteiger partial charge on any atom is -0.352 e. The van der Waals surface area contributed by atoms with E-state index in [4.69, 9.17) is 12.2 Å². The Morgan fingerprint density at radius 3 is 3.09 bits per heavy atom. The van der Waals surface area contributed by atoms with Crippen molar-refractivity contribution in [2.45, 2.75) is 0 Å². The molecule has 0 atom stereocenters. The maximum Gasteiger partial charge on any atom is 0.112 e. The number of pyridine rings is 2. The van der Waals surface area contributed by atoms with Crippen molar-refractivity contribution >= 4 is 23.0 Å². The monoisotopic (exact) mass is 162 g/mol. The first-order valence-corrected chi connectivity index (χ1v) is 3.70. The van der Waals surface area contributed by atoms with Gasteiger partial charge in [0, 0.05) is 24.0 Å². The molecule has 2 aromatic rings. The van der Waals surface area contributed by atoms with Gasteiger partial charge >= 0.3 is 0 Å². The first-order chi connectivity index (χ1) is 5.38. The molecule has 0 fully saturated rings. The van der Waals surface area contributed by atoms with Crippen LogP contribution in [0.3, 0.4) is 0 Å². The Labute approximate surface area is 68.9 Å². The van der Waals surface area contributed by atoms with E-state index in [0.717, 1.165) is 15.4 Å². The standard InChI is InChI=1S/C8H6N2S/c11-8-7-5-9-3-1-6(7)2-4-10-8/h1-5H,(H,10,11). The van der Waals surface area contributed by atoms with Crippen molar-refractivity contribution in [1.29, 1.82) is 0 Å². The zero-order chi connectivity index (χ0) is 7.68. The molecule has 2 nitrogen and oxygen atoms in total. The Kier molecular flexibility index (Phi) is 1.43. The summed E-state index contributed by atoms with van der Waals surface area (Å²) in [5, 5.41) is 2.13. The summed E-state index contributed by atoms with van der Waals surface area (Å²) in [6.45, 7) is 0. The molecule has 2 aromatic heterocycles. The molecule has 2 rings (SSSR count). The highest BCUT2D eigenvalue weighted by atomic mass is 32.1. The van der Waals surface area contributed by atoms with E-state index in [9.17, 15) is 0 Å². The molecular formula is C8H6N2S. The minimum atomic E-state index is 0.746. The second-order valence-electron chi connectivity index (χ2n) is 2.27. The molecule has 11 heavy (non-hydrogen) atoms. The lowest BCUT2D eigenvalue weighted by Crippen LogP contribution is -1.78. The number of nitrogens with zero attached hydrogens (tertiary/aromatic N) is 1. The SMILES string of the molecule is S=c1[nH]ccc2ccncc12. The molecule has 0 saturated heterocycles. The molecule has 0 aromatic carbocycles. The minimum absolute atomic E-state index is 0.746. The molecule has 0 aliphatic heterocycles. The number of aromatic amines is 1. The third-order valence-electron chi connectivity index (χ3n) is 1.58. The van der Waals surface area contributed by atoms with Crippen LogP contribution in [0.5, 0.6) is 0 Å². The molecule has 0 spiro atoms. The summed E-state index contributed by atoms with van der Waals surface area (Å²) in [6.07, 6.45) is 5.37. The fourth-order valence-corrected chi connectivity index (χ4v) is 1.26. The van der Waals surface area contributed by atoms with Gasteiger partial charge in [-0.2, -0.15) is 0 Å². The van der Waals surface area contributed by atoms with E-state index < -0.39 is 0 Å². The second-order valence-corrected chi connectivity index (χ2v) is 2.68. The van der Waals surface area contributed by atoms with E-state index in [-0.39, 0.29) is 0 Å². The zero-order valence-electron chi connectivity index (χ0n) is 5.74. The summed E-state index contributed by atoms with van der Waals surface area (Å²) in [6, 6.07) is 3.92. The summed E-state index contributed by atoms with van der Waals surface area (Å²) < 4.78 is 0.746. The van der Waals surface area contributed by atoms with Gasteiger partial charge in [-0.15, -0.1) is 0 Å². The van der Waals surface area contributed by atoms with E-state index in [0.29, 0.717) is 0 Å². The normalized spacial score (nSPS) is 10.2. The molecule has 0 amide bonds. The fourth-order valence-electron chi connectivity index (χ4n) is 1.03. The van der Waals surface area contributed by atoms with Crippen LogP contribution in [0.1, 0.15) is 0 Å². The van der Waals surface area contributed by atoms with Gasteiger partial charge in [0.1, 0.15) is 4.64 Å². The average Bonchev–Trinajstić information content (AvgIpc) is 2.06. The number of H-pyrrole nitrogens is 1. The number of nitrogens with one attached hydrogen (secondary N) is 1. The van der Waals surface area contributed by atoms with Crippen molar-refractivity contribution in [3.8, 4) is 0 Å². The van der Waals surface area contributed by atoms with Crippen LogP contribution in [0.4, 0.5) is 0 Å². The summed E-state index contributed by atoms with van der Waals surface area (Å²) in [5.74, 6) is 0. The molecule has 0 aliphatic rings. The van der Waals surface area contributed by atoms with E-state index in [1.807, 2.05) is 18.3 Å².